The fourth-order valence-corrected chi connectivity index (χ4v) is 1.94. The molecule has 112 valence electrons. The molecule has 0 saturated heterocycles. The molecule has 5 nitrogen and oxygen atoms in total. The van der Waals surface area contributed by atoms with Crippen molar-refractivity contribution < 1.29 is 14.1 Å². The first kappa shape index (κ1) is 15.3. The maximum Gasteiger partial charge on any atom is 0.305 e. The Kier molecular flexibility index (Phi) is 5.97. The Balaban J connectivity index is 1.70. The molecule has 0 fully saturated rings. The van der Waals surface area contributed by atoms with Crippen LogP contribution in [-0.2, 0) is 16.1 Å². The highest BCUT2D eigenvalue weighted by Crippen LogP contribution is 2.19. The second-order valence-electron chi connectivity index (χ2n) is 4.63. The van der Waals surface area contributed by atoms with E-state index in [9.17, 15) is 4.79 Å². The molecule has 1 N–H and O–H groups in total. The lowest BCUT2D eigenvalue weighted by Crippen LogP contribution is -2.16. The van der Waals surface area contributed by atoms with Crippen molar-refractivity contribution in [2.24, 2.45) is 0 Å². The number of nitrogens with one attached hydrogen (secondary N) is 1. The van der Waals surface area contributed by atoms with Crippen LogP contribution in [0.1, 0.15) is 25.5 Å². The average molecular weight is 288 g/mol. The van der Waals surface area contributed by atoms with Crippen molar-refractivity contribution in [2.75, 3.05) is 13.2 Å². The predicted molar refractivity (Wildman–Crippen MR) is 79.5 cm³/mol. The summed E-state index contributed by atoms with van der Waals surface area (Å²) in [5.74, 6) is 0.617. The number of carbonyl (C=O) groups is 1. The molecule has 1 heterocycles. The zero-order valence-electron chi connectivity index (χ0n) is 12.2. The molecule has 0 unspecified atom stereocenters. The van der Waals surface area contributed by atoms with Gasteiger partial charge in [0.15, 0.2) is 5.76 Å². The molecule has 1 aromatic carbocycles. The van der Waals surface area contributed by atoms with Crippen LogP contribution in [0, 0.1) is 0 Å². The number of hydrogen-bond acceptors (Lipinski definition) is 5. The van der Waals surface area contributed by atoms with Crippen LogP contribution in [0.25, 0.3) is 11.3 Å². The molecule has 2 aromatic rings. The largest absolute Gasteiger partial charge is 0.466 e. The molecule has 2 rings (SSSR count). The monoisotopic (exact) mass is 288 g/mol. The van der Waals surface area contributed by atoms with Gasteiger partial charge in [-0.3, -0.25) is 4.79 Å². The Morgan fingerprint density at radius 2 is 2.14 bits per heavy atom. The van der Waals surface area contributed by atoms with Crippen LogP contribution in [0.2, 0.25) is 0 Å². The van der Waals surface area contributed by atoms with Gasteiger partial charge in [-0.15, -0.1) is 0 Å². The number of hydrogen-bond donors (Lipinski definition) is 1. The van der Waals surface area contributed by atoms with E-state index in [1.165, 1.54) is 0 Å². The second kappa shape index (κ2) is 8.21. The third kappa shape index (κ3) is 5.04. The third-order valence-corrected chi connectivity index (χ3v) is 2.96. The summed E-state index contributed by atoms with van der Waals surface area (Å²) in [4.78, 5) is 11.2. The van der Waals surface area contributed by atoms with Crippen LogP contribution in [0.4, 0.5) is 0 Å². The molecule has 0 aliphatic rings. The molecule has 1 aromatic heterocycles. The molecule has 0 bridgehead atoms. The van der Waals surface area contributed by atoms with E-state index in [1.807, 2.05) is 43.3 Å². The van der Waals surface area contributed by atoms with Gasteiger partial charge < -0.3 is 14.6 Å². The van der Waals surface area contributed by atoms with Crippen LogP contribution in [-0.4, -0.2) is 24.3 Å². The van der Waals surface area contributed by atoms with Crippen LogP contribution in [0.5, 0.6) is 0 Å². The van der Waals surface area contributed by atoms with Gasteiger partial charge in [-0.1, -0.05) is 35.5 Å². The molecule has 0 amide bonds. The second-order valence-corrected chi connectivity index (χ2v) is 4.63. The van der Waals surface area contributed by atoms with E-state index in [-0.39, 0.29) is 5.97 Å². The quantitative estimate of drug-likeness (QED) is 0.597. The highest BCUT2D eigenvalue weighted by molar-refractivity contribution is 5.69. The van der Waals surface area contributed by atoms with Crippen molar-refractivity contribution in [1.29, 1.82) is 0 Å². The summed E-state index contributed by atoms with van der Waals surface area (Å²) in [6.07, 6.45) is 1.19. The minimum Gasteiger partial charge on any atom is -0.466 e. The first-order chi connectivity index (χ1) is 10.3. The maximum absolute atomic E-state index is 11.2. The molecule has 0 saturated carbocycles. The average Bonchev–Trinajstić information content (AvgIpc) is 2.97. The van der Waals surface area contributed by atoms with Gasteiger partial charge >= 0.3 is 5.97 Å². The van der Waals surface area contributed by atoms with Gasteiger partial charge in [-0.05, 0) is 19.9 Å². The van der Waals surface area contributed by atoms with Crippen LogP contribution >= 0.6 is 0 Å². The summed E-state index contributed by atoms with van der Waals surface area (Å²) >= 11 is 0. The molecule has 5 heteroatoms. The van der Waals surface area contributed by atoms with Gasteiger partial charge in [0.25, 0.3) is 0 Å². The minimum atomic E-state index is -0.146. The number of rotatable bonds is 8. The van der Waals surface area contributed by atoms with E-state index >= 15 is 0 Å². The summed E-state index contributed by atoms with van der Waals surface area (Å²) in [5, 5.41) is 7.26. The molecule has 21 heavy (non-hydrogen) atoms. The van der Waals surface area contributed by atoms with Gasteiger partial charge in [0, 0.05) is 24.6 Å². The first-order valence-electron chi connectivity index (χ1n) is 7.17. The van der Waals surface area contributed by atoms with Crippen molar-refractivity contribution >= 4 is 5.97 Å². The maximum atomic E-state index is 11.2. The fraction of sp³-hybridized carbons (Fsp3) is 0.375. The zero-order valence-corrected chi connectivity index (χ0v) is 12.2. The number of aromatic nitrogens is 1. The Bertz CT molecular complexity index is 552. The van der Waals surface area contributed by atoms with Gasteiger partial charge in [0.2, 0.25) is 0 Å². The third-order valence-electron chi connectivity index (χ3n) is 2.96. The molecular formula is C16H20N2O3. The van der Waals surface area contributed by atoms with E-state index in [1.54, 1.807) is 0 Å². The highest BCUT2D eigenvalue weighted by Gasteiger charge is 2.06. The summed E-state index contributed by atoms with van der Waals surface area (Å²) < 4.78 is 10.2. The van der Waals surface area contributed by atoms with E-state index in [2.05, 4.69) is 10.5 Å². The Morgan fingerprint density at radius 3 is 2.90 bits per heavy atom. The standard InChI is InChI=1S/C16H20N2O3/c1-2-20-16(19)9-6-10-17-12-14-11-15(21-18-14)13-7-4-3-5-8-13/h3-5,7-8,11,17H,2,6,9-10,12H2,1H3. The number of benzene rings is 1. The predicted octanol–water partition coefficient (Wildman–Crippen LogP) is 2.77. The fourth-order valence-electron chi connectivity index (χ4n) is 1.94. The lowest BCUT2D eigenvalue weighted by Gasteiger charge is -2.02. The van der Waals surface area contributed by atoms with Crippen LogP contribution < -0.4 is 5.32 Å². The molecule has 0 atom stereocenters. The van der Waals surface area contributed by atoms with Crippen molar-refractivity contribution in [2.45, 2.75) is 26.3 Å². The topological polar surface area (TPSA) is 64.4 Å². The SMILES string of the molecule is CCOC(=O)CCCNCc1cc(-c2ccccc2)on1. The van der Waals surface area contributed by atoms with Crippen molar-refractivity contribution in [1.82, 2.24) is 10.5 Å². The van der Waals surface area contributed by atoms with Crippen molar-refractivity contribution in [3.8, 4) is 11.3 Å². The lowest BCUT2D eigenvalue weighted by atomic mass is 10.2. The van der Waals surface area contributed by atoms with E-state index < -0.39 is 0 Å². The molecule has 0 spiro atoms. The number of nitrogens with zero attached hydrogens (tertiary/aromatic N) is 1. The summed E-state index contributed by atoms with van der Waals surface area (Å²) in [6, 6.07) is 11.8. The molecule has 0 aliphatic carbocycles. The first-order valence-corrected chi connectivity index (χ1v) is 7.17. The van der Waals surface area contributed by atoms with E-state index in [0.717, 1.165) is 30.0 Å². The van der Waals surface area contributed by atoms with Crippen molar-refractivity contribution in [3.63, 3.8) is 0 Å². The summed E-state index contributed by atoms with van der Waals surface area (Å²) in [5.41, 5.74) is 1.86. The van der Waals surface area contributed by atoms with Crippen molar-refractivity contribution in [3.05, 3.63) is 42.1 Å². The minimum absolute atomic E-state index is 0.146. The Labute approximate surface area is 124 Å². The summed E-state index contributed by atoms with van der Waals surface area (Å²) in [6.45, 7) is 3.62. The van der Waals surface area contributed by atoms with Gasteiger partial charge in [0.1, 0.15) is 0 Å². The van der Waals surface area contributed by atoms with Crippen LogP contribution in [0.15, 0.2) is 40.9 Å². The molecule has 0 radical (unpaired) electrons. The van der Waals surface area contributed by atoms with Gasteiger partial charge in [0.05, 0.1) is 12.3 Å². The zero-order chi connectivity index (χ0) is 14.9. The molecular weight excluding hydrogens is 268 g/mol. The highest BCUT2D eigenvalue weighted by atomic mass is 16.5. The molecule has 0 aliphatic heterocycles. The Hall–Kier alpha value is -2.14. The van der Waals surface area contributed by atoms with Crippen LogP contribution in [0.3, 0.4) is 0 Å². The number of carbonyl (C=O) groups excluding carboxylic acids is 1. The van der Waals surface area contributed by atoms with Gasteiger partial charge in [-0.2, -0.15) is 0 Å². The van der Waals surface area contributed by atoms with E-state index in [0.29, 0.717) is 19.6 Å². The number of esters is 1. The summed E-state index contributed by atoms with van der Waals surface area (Å²) in [7, 11) is 0. The number of ether oxygens (including phenoxy) is 1. The lowest BCUT2D eigenvalue weighted by molar-refractivity contribution is -0.143. The Morgan fingerprint density at radius 1 is 1.33 bits per heavy atom. The van der Waals surface area contributed by atoms with Gasteiger partial charge in [-0.25, -0.2) is 0 Å². The smallest absolute Gasteiger partial charge is 0.305 e. The normalized spacial score (nSPS) is 10.5. The van der Waals surface area contributed by atoms with E-state index in [4.69, 9.17) is 9.26 Å².